The molecule has 1 atom stereocenters. The first-order chi connectivity index (χ1) is 18.8. The number of aromatic nitrogens is 4. The molecule has 198 valence electrons. The maximum Gasteiger partial charge on any atom is 0.324 e. The minimum atomic E-state index is -0.505. The van der Waals surface area contributed by atoms with Crippen LogP contribution in [0.5, 0.6) is 0 Å². The van der Waals surface area contributed by atoms with Gasteiger partial charge in [-0.25, -0.2) is 13.7 Å². The van der Waals surface area contributed by atoms with E-state index in [9.17, 15) is 19.1 Å². The fraction of sp³-hybridized carbons (Fsp3) is 0.214. The summed E-state index contributed by atoms with van der Waals surface area (Å²) < 4.78 is 17.0. The number of aliphatic hydroxyl groups excluding tert-OH is 1. The Morgan fingerprint density at radius 2 is 1.97 bits per heavy atom. The number of hydrogen-bond donors (Lipinski definition) is 3. The fourth-order valence-corrected chi connectivity index (χ4v) is 4.89. The standard InChI is InChI=1S/C28H26FN7O3/c1-34-16-23(26(38)30-14-17-3-2-4-20(29)11-17)22-12-18(5-6-24(22)34)19-7-10-36-25(13-19)31-27(33-36)32-28(39)35-9-8-21(37)15-35/h2-7,10-13,16,21,37H,8-9,14-15H2,1H3,(H,30,38)(H,32,33,39). The van der Waals surface area contributed by atoms with Gasteiger partial charge in [0.15, 0.2) is 5.65 Å². The van der Waals surface area contributed by atoms with E-state index in [0.29, 0.717) is 29.7 Å². The van der Waals surface area contributed by atoms with Crippen LogP contribution in [0, 0.1) is 5.82 Å². The number of rotatable bonds is 5. The van der Waals surface area contributed by atoms with Crippen LogP contribution in [0.25, 0.3) is 27.7 Å². The summed E-state index contributed by atoms with van der Waals surface area (Å²) in [6.07, 6.45) is 3.59. The van der Waals surface area contributed by atoms with Crippen LogP contribution in [0.2, 0.25) is 0 Å². The number of urea groups is 1. The normalized spacial score (nSPS) is 15.3. The van der Waals surface area contributed by atoms with Crippen molar-refractivity contribution in [1.82, 2.24) is 29.4 Å². The van der Waals surface area contributed by atoms with Crippen molar-refractivity contribution in [2.75, 3.05) is 18.4 Å². The Hall–Kier alpha value is -4.77. The number of benzene rings is 2. The number of hydrogen-bond acceptors (Lipinski definition) is 5. The molecular formula is C28H26FN7O3. The molecule has 1 aliphatic rings. The molecule has 0 radical (unpaired) electrons. The molecule has 6 rings (SSSR count). The van der Waals surface area contributed by atoms with E-state index in [0.717, 1.165) is 22.0 Å². The minimum Gasteiger partial charge on any atom is -0.391 e. The number of fused-ring (bicyclic) bond motifs is 2. The number of aryl methyl sites for hydroxylation is 1. The first-order valence-corrected chi connectivity index (χ1v) is 12.6. The third-order valence-corrected chi connectivity index (χ3v) is 6.92. The van der Waals surface area contributed by atoms with Crippen LogP contribution in [0.3, 0.4) is 0 Å². The van der Waals surface area contributed by atoms with E-state index in [1.807, 2.05) is 41.9 Å². The molecule has 3 aromatic heterocycles. The van der Waals surface area contributed by atoms with Gasteiger partial charge in [-0.05, 0) is 59.5 Å². The molecule has 1 fully saturated rings. The predicted molar refractivity (Wildman–Crippen MR) is 144 cm³/mol. The lowest BCUT2D eigenvalue weighted by Gasteiger charge is -2.14. The van der Waals surface area contributed by atoms with E-state index in [2.05, 4.69) is 20.7 Å². The Morgan fingerprint density at radius 3 is 2.77 bits per heavy atom. The summed E-state index contributed by atoms with van der Waals surface area (Å²) in [5.41, 5.74) is 4.40. The number of pyridine rings is 1. The quantitative estimate of drug-likeness (QED) is 0.323. The van der Waals surface area contributed by atoms with Gasteiger partial charge in [0.1, 0.15) is 5.82 Å². The van der Waals surface area contributed by atoms with E-state index < -0.39 is 6.10 Å². The average molecular weight is 528 g/mol. The lowest BCUT2D eigenvalue weighted by molar-refractivity contribution is 0.0952. The summed E-state index contributed by atoms with van der Waals surface area (Å²) in [6, 6.07) is 15.4. The molecule has 0 aliphatic carbocycles. The molecule has 4 heterocycles. The molecule has 3 amide bonds. The maximum atomic E-state index is 13.5. The van der Waals surface area contributed by atoms with Gasteiger partial charge in [-0.15, -0.1) is 5.10 Å². The first kappa shape index (κ1) is 24.6. The van der Waals surface area contributed by atoms with Crippen molar-refractivity contribution in [3.8, 4) is 11.1 Å². The molecule has 1 aliphatic heterocycles. The third kappa shape index (κ3) is 4.91. The average Bonchev–Trinajstić information content (AvgIpc) is 3.63. The summed E-state index contributed by atoms with van der Waals surface area (Å²) in [4.78, 5) is 31.5. The summed E-state index contributed by atoms with van der Waals surface area (Å²) in [6.45, 7) is 0.987. The number of halogens is 1. The predicted octanol–water partition coefficient (Wildman–Crippen LogP) is 3.56. The molecule has 3 N–H and O–H groups in total. The van der Waals surface area contributed by atoms with Crippen molar-refractivity contribution in [1.29, 1.82) is 0 Å². The maximum absolute atomic E-state index is 13.5. The number of carbonyl (C=O) groups is 2. The largest absolute Gasteiger partial charge is 0.391 e. The monoisotopic (exact) mass is 527 g/mol. The first-order valence-electron chi connectivity index (χ1n) is 12.6. The van der Waals surface area contributed by atoms with Crippen molar-refractivity contribution >= 4 is 34.4 Å². The highest BCUT2D eigenvalue weighted by Gasteiger charge is 2.25. The van der Waals surface area contributed by atoms with Gasteiger partial charge >= 0.3 is 6.03 Å². The molecule has 0 saturated carbocycles. The van der Waals surface area contributed by atoms with Crippen LogP contribution in [-0.4, -0.2) is 60.3 Å². The molecule has 11 heteroatoms. The lowest BCUT2D eigenvalue weighted by atomic mass is 10.0. The van der Waals surface area contributed by atoms with Crippen LogP contribution in [0.15, 0.2) is 67.0 Å². The second kappa shape index (κ2) is 9.84. The number of anilines is 1. The number of nitrogens with one attached hydrogen (secondary N) is 2. The summed E-state index contributed by atoms with van der Waals surface area (Å²) in [5.74, 6) is -0.419. The molecule has 10 nitrogen and oxygen atoms in total. The van der Waals surface area contributed by atoms with Gasteiger partial charge in [0, 0.05) is 50.0 Å². The molecule has 0 bridgehead atoms. The molecule has 0 spiro atoms. The zero-order chi connectivity index (χ0) is 27.1. The summed E-state index contributed by atoms with van der Waals surface area (Å²) in [7, 11) is 1.88. The minimum absolute atomic E-state index is 0.175. The highest BCUT2D eigenvalue weighted by atomic mass is 19.1. The van der Waals surface area contributed by atoms with Gasteiger partial charge in [-0.3, -0.25) is 10.1 Å². The number of amides is 3. The van der Waals surface area contributed by atoms with E-state index in [4.69, 9.17) is 0 Å². The summed E-state index contributed by atoms with van der Waals surface area (Å²) in [5, 5.41) is 20.4. The SMILES string of the molecule is Cn1cc(C(=O)NCc2cccc(F)c2)c2cc(-c3ccn4nc(NC(=O)N5CCC(O)C5)nc4c3)ccc21. The van der Waals surface area contributed by atoms with Crippen molar-refractivity contribution in [3.05, 3.63) is 83.9 Å². The highest BCUT2D eigenvalue weighted by Crippen LogP contribution is 2.28. The molecule has 5 aromatic rings. The fourth-order valence-electron chi connectivity index (χ4n) is 4.89. The van der Waals surface area contributed by atoms with Gasteiger partial charge < -0.3 is 19.9 Å². The van der Waals surface area contributed by atoms with Crippen LogP contribution < -0.4 is 10.6 Å². The Kier molecular flexibility index (Phi) is 6.20. The number of likely N-dealkylation sites (tertiary alicyclic amines) is 1. The molecule has 1 unspecified atom stereocenters. The van der Waals surface area contributed by atoms with Crippen molar-refractivity contribution in [2.24, 2.45) is 7.05 Å². The highest BCUT2D eigenvalue weighted by molar-refractivity contribution is 6.08. The zero-order valence-corrected chi connectivity index (χ0v) is 21.1. The van der Waals surface area contributed by atoms with E-state index >= 15 is 0 Å². The lowest BCUT2D eigenvalue weighted by Crippen LogP contribution is -2.33. The second-order valence-corrected chi connectivity index (χ2v) is 9.67. The van der Waals surface area contributed by atoms with Crippen LogP contribution >= 0.6 is 0 Å². The van der Waals surface area contributed by atoms with Crippen LogP contribution in [-0.2, 0) is 13.6 Å². The number of carbonyl (C=O) groups excluding carboxylic acids is 2. The Bertz CT molecular complexity index is 1730. The number of nitrogens with zero attached hydrogens (tertiary/aromatic N) is 5. The van der Waals surface area contributed by atoms with Gasteiger partial charge in [-0.1, -0.05) is 18.2 Å². The van der Waals surface area contributed by atoms with E-state index in [1.165, 1.54) is 17.0 Å². The van der Waals surface area contributed by atoms with Crippen molar-refractivity contribution < 1.29 is 19.1 Å². The van der Waals surface area contributed by atoms with Gasteiger partial charge in [-0.2, -0.15) is 4.98 Å². The zero-order valence-electron chi connectivity index (χ0n) is 21.1. The Balaban J connectivity index is 1.24. The second-order valence-electron chi connectivity index (χ2n) is 9.67. The number of β-amino-alcohol motifs (C(OH)–C–C–N with tert-alkyl or cyclic N) is 1. The van der Waals surface area contributed by atoms with E-state index in [-0.39, 0.29) is 36.8 Å². The third-order valence-electron chi connectivity index (χ3n) is 6.92. The Morgan fingerprint density at radius 1 is 1.13 bits per heavy atom. The number of aliphatic hydroxyl groups is 1. The molecule has 1 saturated heterocycles. The topological polar surface area (TPSA) is 117 Å². The Labute approximate surface area is 222 Å². The van der Waals surface area contributed by atoms with Crippen molar-refractivity contribution in [2.45, 2.75) is 19.1 Å². The molecular weight excluding hydrogens is 501 g/mol. The molecule has 2 aromatic carbocycles. The van der Waals surface area contributed by atoms with E-state index in [1.54, 1.807) is 29.0 Å². The van der Waals surface area contributed by atoms with Gasteiger partial charge in [0.25, 0.3) is 11.9 Å². The van der Waals surface area contributed by atoms with Crippen molar-refractivity contribution in [3.63, 3.8) is 0 Å². The summed E-state index contributed by atoms with van der Waals surface area (Å²) >= 11 is 0. The smallest absolute Gasteiger partial charge is 0.324 e. The van der Waals surface area contributed by atoms with Crippen LogP contribution in [0.4, 0.5) is 15.1 Å². The van der Waals surface area contributed by atoms with Crippen LogP contribution in [0.1, 0.15) is 22.3 Å². The van der Waals surface area contributed by atoms with Gasteiger partial charge in [0.2, 0.25) is 0 Å². The van der Waals surface area contributed by atoms with Gasteiger partial charge in [0.05, 0.1) is 11.7 Å². The molecule has 39 heavy (non-hydrogen) atoms.